The maximum Gasteiger partial charge on any atom is 0.416 e. The number of β-amino-alcohol motifs (C(OH)–C–C–N with tert-alkyl or cyclic N) is 1. The van der Waals surface area contributed by atoms with Crippen molar-refractivity contribution in [2.75, 3.05) is 35.2 Å². The summed E-state index contributed by atoms with van der Waals surface area (Å²) in [5, 5.41) is 35.1. The lowest BCUT2D eigenvalue weighted by Crippen LogP contribution is -2.60. The molecule has 5 heterocycles. The molecule has 2 aromatic carbocycles. The Hall–Kier alpha value is -6.41. The zero-order valence-corrected chi connectivity index (χ0v) is 41.4. The summed E-state index contributed by atoms with van der Waals surface area (Å²) in [5.41, 5.74) is 9.97. The number of para-hydroxylation sites is 1. The van der Waals surface area contributed by atoms with E-state index in [-0.39, 0.29) is 59.5 Å². The zero-order chi connectivity index (χ0) is 50.7. The van der Waals surface area contributed by atoms with Gasteiger partial charge in [-0.3, -0.25) is 14.4 Å². The largest absolute Gasteiger partial charge is 0.507 e. The van der Waals surface area contributed by atoms with E-state index in [2.05, 4.69) is 49.5 Å². The number of thiazole rings is 1. The van der Waals surface area contributed by atoms with Crippen LogP contribution in [0.2, 0.25) is 0 Å². The summed E-state index contributed by atoms with van der Waals surface area (Å²) in [7, 11) is 0. The van der Waals surface area contributed by atoms with E-state index >= 15 is 0 Å². The number of rotatable bonds is 11. The first-order valence-electron chi connectivity index (χ1n) is 24.0. The van der Waals surface area contributed by atoms with Crippen molar-refractivity contribution in [3.05, 3.63) is 88.8 Å². The Labute approximate surface area is 414 Å². The van der Waals surface area contributed by atoms with Crippen LogP contribution < -0.4 is 26.2 Å². The van der Waals surface area contributed by atoms with Gasteiger partial charge < -0.3 is 41.3 Å². The number of nitrogen functional groups attached to an aromatic ring is 1. The molecule has 9 rings (SSSR count). The molecule has 71 heavy (non-hydrogen) atoms. The lowest BCUT2D eigenvalue weighted by molar-refractivity contribution is -0.148. The molecule has 2 saturated heterocycles. The molecule has 5 aromatic rings. The number of nitrogens with one attached hydrogen (secondary N) is 2. The Morgan fingerprint density at radius 1 is 0.930 bits per heavy atom. The number of benzene rings is 2. The number of anilines is 3. The van der Waals surface area contributed by atoms with Gasteiger partial charge in [-0.15, -0.1) is 21.5 Å². The fraction of sp³-hybridized carbons (Fsp3) is 0.490. The molecule has 2 saturated carbocycles. The molecule has 20 heteroatoms. The summed E-state index contributed by atoms with van der Waals surface area (Å²) in [5.74, 6) is -0.471. The number of aliphatic hydroxyl groups excluding tert-OH is 1. The topological polar surface area (TPSA) is 216 Å². The van der Waals surface area contributed by atoms with E-state index in [9.17, 15) is 37.8 Å². The zero-order valence-electron chi connectivity index (χ0n) is 40.6. The summed E-state index contributed by atoms with van der Waals surface area (Å²) in [6, 6.07) is 10.7. The highest BCUT2D eigenvalue weighted by Crippen LogP contribution is 2.64. The molecule has 1 spiro atoms. The first kappa shape index (κ1) is 49.6. The van der Waals surface area contributed by atoms with Gasteiger partial charge in [-0.2, -0.15) is 13.2 Å². The standard InChI is InChI=1S/C51H60F3N11O5S/c1-27-23-63(39-15-38(61-62-44(39)55)36-9-7-8-10-41(36)67)24-28(2)65(27)48-57-21-34(22-58-48)32-16-50(17-32)18-33(19-50)45(68)60-43(49(4,5)6)47(70)64-25-35(66)14-40(64)46(69)56-20-31-12-11-30(13-37(31)51(52,53)54)42-29(3)59-26-71-42/h7-13,15,21-22,26-28,32-33,35,40,43,66-67H,14,16-20,23-25H2,1-6H3,(H2,55,62)(H,56,69)(H,60,68)/t27?,28?,32-,33-,35-,40+,43-,50?/m1/s1. The van der Waals surface area contributed by atoms with E-state index in [1.165, 1.54) is 22.3 Å². The molecule has 4 aliphatic rings. The predicted molar refractivity (Wildman–Crippen MR) is 263 cm³/mol. The maximum absolute atomic E-state index is 14.3. The van der Waals surface area contributed by atoms with Gasteiger partial charge >= 0.3 is 6.18 Å². The second kappa shape index (κ2) is 19.0. The highest BCUT2D eigenvalue weighted by molar-refractivity contribution is 7.13. The minimum atomic E-state index is -4.70. The van der Waals surface area contributed by atoms with Crippen molar-refractivity contribution in [3.8, 4) is 27.4 Å². The lowest BCUT2D eigenvalue weighted by Gasteiger charge is -2.57. The quantitative estimate of drug-likeness (QED) is 0.0916. The van der Waals surface area contributed by atoms with Crippen molar-refractivity contribution in [1.29, 1.82) is 0 Å². The molecule has 16 nitrogen and oxygen atoms in total. The molecule has 2 aliphatic heterocycles. The summed E-state index contributed by atoms with van der Waals surface area (Å²) < 4.78 is 42.8. The number of nitrogens with two attached hydrogens (primary N) is 1. The Kier molecular flexibility index (Phi) is 13.2. The Morgan fingerprint density at radius 3 is 2.25 bits per heavy atom. The molecule has 0 bridgehead atoms. The molecule has 3 amide bonds. The number of likely N-dealkylation sites (tertiary alicyclic amines) is 1. The number of hydrogen-bond donors (Lipinski definition) is 5. The van der Waals surface area contributed by atoms with Gasteiger partial charge in [0.15, 0.2) is 5.82 Å². The number of hydrogen-bond acceptors (Lipinski definition) is 14. The van der Waals surface area contributed by atoms with Gasteiger partial charge in [0.2, 0.25) is 23.7 Å². The number of halogens is 3. The number of aryl methyl sites for hydroxylation is 1. The molecule has 3 aromatic heterocycles. The third-order valence-corrected chi connectivity index (χ3v) is 15.8. The van der Waals surface area contributed by atoms with Crippen LogP contribution in [0.25, 0.3) is 21.7 Å². The van der Waals surface area contributed by atoms with E-state index < -0.39 is 53.7 Å². The average molecular weight is 996 g/mol. The van der Waals surface area contributed by atoms with Crippen molar-refractivity contribution in [3.63, 3.8) is 0 Å². The smallest absolute Gasteiger partial charge is 0.416 e. The van der Waals surface area contributed by atoms with Crippen molar-refractivity contribution < 1.29 is 37.8 Å². The van der Waals surface area contributed by atoms with Crippen LogP contribution in [0.3, 0.4) is 0 Å². The van der Waals surface area contributed by atoms with Crippen molar-refractivity contribution in [2.24, 2.45) is 16.7 Å². The van der Waals surface area contributed by atoms with Gasteiger partial charge in [-0.1, -0.05) is 45.0 Å². The van der Waals surface area contributed by atoms with E-state index in [0.717, 1.165) is 30.2 Å². The number of aromatic hydroxyl groups is 1. The van der Waals surface area contributed by atoms with Crippen LogP contribution in [0.1, 0.15) is 95.0 Å². The van der Waals surface area contributed by atoms with Crippen LogP contribution in [0.5, 0.6) is 5.75 Å². The number of carbonyl (C=O) groups excluding carboxylic acids is 3. The molecular weight excluding hydrogens is 936 g/mol. The molecule has 0 radical (unpaired) electrons. The highest BCUT2D eigenvalue weighted by Gasteiger charge is 2.56. The number of nitrogens with zero attached hydrogens (tertiary/aromatic N) is 8. The second-order valence-corrected chi connectivity index (χ2v) is 22.0. The van der Waals surface area contributed by atoms with Gasteiger partial charge in [-0.05, 0) is 104 Å². The number of alkyl halides is 3. The Bertz CT molecular complexity index is 2800. The Balaban J connectivity index is 0.778. The first-order valence-corrected chi connectivity index (χ1v) is 24.9. The van der Waals surface area contributed by atoms with Gasteiger partial charge in [0.25, 0.3) is 0 Å². The predicted octanol–water partition coefficient (Wildman–Crippen LogP) is 6.86. The highest BCUT2D eigenvalue weighted by atomic mass is 32.1. The van der Waals surface area contributed by atoms with Gasteiger partial charge in [0, 0.05) is 68.6 Å². The number of phenolic OH excluding ortho intramolecular Hbond substituents is 1. The minimum Gasteiger partial charge on any atom is -0.507 e. The van der Waals surface area contributed by atoms with Crippen LogP contribution in [0, 0.1) is 23.7 Å². The number of carbonyl (C=O) groups is 3. The second-order valence-electron chi connectivity index (χ2n) is 21.1. The molecule has 2 unspecified atom stereocenters. The normalized spacial score (nSPS) is 24.8. The molecule has 6 N–H and O–H groups in total. The minimum absolute atomic E-state index is 0.00335. The number of phenols is 1. The van der Waals surface area contributed by atoms with Gasteiger partial charge in [0.05, 0.1) is 39.1 Å². The lowest BCUT2D eigenvalue weighted by atomic mass is 9.47. The number of aliphatic hydroxyl groups is 1. The van der Waals surface area contributed by atoms with Crippen molar-refractivity contribution in [2.45, 2.75) is 123 Å². The van der Waals surface area contributed by atoms with Crippen molar-refractivity contribution >= 4 is 46.5 Å². The summed E-state index contributed by atoms with van der Waals surface area (Å²) in [4.78, 5) is 61.9. The number of aromatic nitrogens is 5. The summed E-state index contributed by atoms with van der Waals surface area (Å²) in [6.07, 6.45) is 1.09. The fourth-order valence-electron chi connectivity index (χ4n) is 11.2. The van der Waals surface area contributed by atoms with E-state index in [1.807, 2.05) is 45.3 Å². The third-order valence-electron chi connectivity index (χ3n) is 14.8. The summed E-state index contributed by atoms with van der Waals surface area (Å²) >= 11 is 1.24. The van der Waals surface area contributed by atoms with Crippen LogP contribution in [-0.4, -0.2) is 108 Å². The first-order chi connectivity index (χ1) is 33.6. The third kappa shape index (κ3) is 9.96. The van der Waals surface area contributed by atoms with Crippen LogP contribution >= 0.6 is 11.3 Å². The van der Waals surface area contributed by atoms with Crippen LogP contribution in [0.15, 0.2) is 66.4 Å². The monoisotopic (exact) mass is 995 g/mol. The Morgan fingerprint density at radius 2 is 1.62 bits per heavy atom. The van der Waals surface area contributed by atoms with Gasteiger partial charge in [0.1, 0.15) is 17.8 Å². The van der Waals surface area contributed by atoms with E-state index in [0.29, 0.717) is 65.1 Å². The van der Waals surface area contributed by atoms with E-state index in [4.69, 9.17) is 15.7 Å². The molecule has 2 aliphatic carbocycles. The SMILES string of the molecule is Cc1ncsc1-c1ccc(CNC(=O)[C@@H]2C[C@@H](O)CN2C(=O)[C@@H](NC(=O)[C@H]2CC3(C2)C[C@H](c2cnc(N4C(C)CN(c5cc(-c6ccccc6O)nnc5N)CC4C)nc2)C3)C(C)(C)C)c(C(F)(F)F)c1. The van der Waals surface area contributed by atoms with Crippen LogP contribution in [0.4, 0.5) is 30.6 Å². The van der Waals surface area contributed by atoms with Crippen molar-refractivity contribution in [1.82, 2.24) is 40.7 Å². The summed E-state index contributed by atoms with van der Waals surface area (Å²) in [6.45, 7) is 12.1. The maximum atomic E-state index is 14.3. The fourth-order valence-corrected chi connectivity index (χ4v) is 12.0. The molecule has 376 valence electrons. The molecule has 5 atom stereocenters. The molecule has 4 fully saturated rings. The average Bonchev–Trinajstić information content (AvgIpc) is 3.91. The molecular formula is C51H60F3N11O5S. The number of piperazine rings is 1. The van der Waals surface area contributed by atoms with E-state index in [1.54, 1.807) is 36.7 Å². The number of amides is 3. The van der Waals surface area contributed by atoms with Crippen LogP contribution in [-0.2, 0) is 27.1 Å². The van der Waals surface area contributed by atoms with Gasteiger partial charge in [-0.25, -0.2) is 15.0 Å².